The summed E-state index contributed by atoms with van der Waals surface area (Å²) in [5.41, 5.74) is 2.74. The van der Waals surface area contributed by atoms with Gasteiger partial charge in [0, 0.05) is 12.6 Å². The third-order valence-electron chi connectivity index (χ3n) is 2.30. The first-order chi connectivity index (χ1) is 6.54. The first-order valence-corrected chi connectivity index (χ1v) is 4.39. The molecule has 0 radical (unpaired) electrons. The molecule has 0 saturated carbocycles. The molecular formula is C7H11F3N4. The largest absolute Gasteiger partial charge is 0.390 e. The predicted molar refractivity (Wildman–Crippen MR) is 44.6 cm³/mol. The second-order valence-electron chi connectivity index (χ2n) is 3.46. The van der Waals surface area contributed by atoms with Crippen LogP contribution in [0.3, 0.4) is 0 Å². The van der Waals surface area contributed by atoms with E-state index in [0.717, 1.165) is 5.84 Å². The Morgan fingerprint density at radius 1 is 1.50 bits per heavy atom. The molecule has 1 fully saturated rings. The topological polar surface area (TPSA) is 39.7 Å². The Morgan fingerprint density at radius 3 is 3.00 bits per heavy atom. The number of halogens is 3. The Hall–Kier alpha value is -0.980. The van der Waals surface area contributed by atoms with E-state index in [-0.39, 0.29) is 0 Å². The van der Waals surface area contributed by atoms with E-state index in [4.69, 9.17) is 0 Å². The minimum atomic E-state index is -4.10. The molecule has 0 aromatic rings. The van der Waals surface area contributed by atoms with E-state index in [1.807, 2.05) is 4.90 Å². The van der Waals surface area contributed by atoms with E-state index in [1.54, 1.807) is 0 Å². The average molecular weight is 208 g/mol. The number of alkyl halides is 3. The monoisotopic (exact) mass is 208 g/mol. The summed E-state index contributed by atoms with van der Waals surface area (Å²) >= 11 is 0. The number of rotatable bonds is 1. The zero-order valence-electron chi connectivity index (χ0n) is 7.43. The molecule has 2 aliphatic heterocycles. The lowest BCUT2D eigenvalue weighted by molar-refractivity contribution is -0.140. The first-order valence-electron chi connectivity index (χ1n) is 4.39. The Morgan fingerprint density at radius 2 is 2.29 bits per heavy atom. The molecule has 2 N–H and O–H groups in total. The van der Waals surface area contributed by atoms with Crippen LogP contribution in [0.4, 0.5) is 13.2 Å². The third-order valence-corrected chi connectivity index (χ3v) is 2.30. The van der Waals surface area contributed by atoms with Crippen molar-refractivity contribution in [1.82, 2.24) is 15.6 Å². The molecule has 2 aliphatic rings. The molecule has 0 bridgehead atoms. The summed E-state index contributed by atoms with van der Waals surface area (Å²) in [6, 6.07) is -0.520. The molecule has 1 unspecified atom stereocenters. The van der Waals surface area contributed by atoms with E-state index in [2.05, 4.69) is 15.8 Å². The number of hydrazone groups is 1. The molecule has 7 heteroatoms. The highest BCUT2D eigenvalue weighted by Crippen LogP contribution is 2.23. The molecule has 14 heavy (non-hydrogen) atoms. The van der Waals surface area contributed by atoms with Crippen molar-refractivity contribution in [3.63, 3.8) is 0 Å². The van der Waals surface area contributed by atoms with Crippen molar-refractivity contribution in [1.29, 1.82) is 0 Å². The quantitative estimate of drug-likeness (QED) is 0.641. The fourth-order valence-corrected chi connectivity index (χ4v) is 1.68. The number of piperazine rings is 1. The van der Waals surface area contributed by atoms with Gasteiger partial charge in [-0.25, -0.2) is 0 Å². The molecule has 0 amide bonds. The highest BCUT2D eigenvalue weighted by Gasteiger charge is 2.35. The maximum absolute atomic E-state index is 12.1. The molecule has 0 spiro atoms. The van der Waals surface area contributed by atoms with Crippen LogP contribution in [0.15, 0.2) is 5.10 Å². The average Bonchev–Trinajstić information content (AvgIpc) is 2.47. The Labute approximate surface area is 79.1 Å². The van der Waals surface area contributed by atoms with Gasteiger partial charge in [0.05, 0.1) is 13.0 Å². The molecule has 1 atom stereocenters. The van der Waals surface area contributed by atoms with E-state index in [9.17, 15) is 13.2 Å². The molecule has 0 aliphatic carbocycles. The van der Waals surface area contributed by atoms with E-state index >= 15 is 0 Å². The zero-order chi connectivity index (χ0) is 10.2. The fourth-order valence-electron chi connectivity index (χ4n) is 1.68. The van der Waals surface area contributed by atoms with Crippen molar-refractivity contribution in [2.45, 2.75) is 18.6 Å². The van der Waals surface area contributed by atoms with Gasteiger partial charge in [0.2, 0.25) is 0 Å². The second kappa shape index (κ2) is 3.30. The van der Waals surface area contributed by atoms with Crippen molar-refractivity contribution in [2.24, 2.45) is 5.10 Å². The zero-order valence-corrected chi connectivity index (χ0v) is 7.43. The number of fused-ring (bicyclic) bond motifs is 1. The van der Waals surface area contributed by atoms with Crippen LogP contribution in [0.5, 0.6) is 0 Å². The number of amidine groups is 1. The number of nitrogens with zero attached hydrogens (tertiary/aromatic N) is 2. The third kappa shape index (κ3) is 2.09. The first kappa shape index (κ1) is 9.57. The van der Waals surface area contributed by atoms with Gasteiger partial charge in [-0.15, -0.1) is 0 Å². The normalized spacial score (nSPS) is 26.9. The van der Waals surface area contributed by atoms with Gasteiger partial charge in [-0.05, 0) is 0 Å². The van der Waals surface area contributed by atoms with E-state index < -0.39 is 18.6 Å². The molecule has 2 heterocycles. The summed E-state index contributed by atoms with van der Waals surface area (Å²) in [7, 11) is 0. The van der Waals surface area contributed by atoms with Gasteiger partial charge in [0.15, 0.2) is 0 Å². The van der Waals surface area contributed by atoms with Gasteiger partial charge in [0.25, 0.3) is 0 Å². The maximum Gasteiger partial charge on any atom is 0.390 e. The molecule has 2 rings (SSSR count). The summed E-state index contributed by atoms with van der Waals surface area (Å²) in [6.07, 6.45) is -4.88. The van der Waals surface area contributed by atoms with Gasteiger partial charge in [0.1, 0.15) is 12.5 Å². The second-order valence-corrected chi connectivity index (χ2v) is 3.46. The molecule has 80 valence electrons. The summed E-state index contributed by atoms with van der Waals surface area (Å²) < 4.78 is 36.2. The fraction of sp³-hybridized carbons (Fsp3) is 0.857. The van der Waals surface area contributed by atoms with Gasteiger partial charge in [-0.1, -0.05) is 0 Å². The lowest BCUT2D eigenvalue weighted by Gasteiger charge is -2.32. The summed E-state index contributed by atoms with van der Waals surface area (Å²) in [4.78, 5) is 1.83. The molecule has 1 saturated heterocycles. The highest BCUT2D eigenvalue weighted by molar-refractivity contribution is 5.85. The van der Waals surface area contributed by atoms with Gasteiger partial charge in [-0.3, -0.25) is 5.43 Å². The predicted octanol–water partition coefficient (Wildman–Crippen LogP) is 0.0868. The van der Waals surface area contributed by atoms with Gasteiger partial charge < -0.3 is 10.2 Å². The van der Waals surface area contributed by atoms with Crippen LogP contribution in [0.1, 0.15) is 6.42 Å². The Balaban J connectivity index is 1.90. The van der Waals surface area contributed by atoms with E-state index in [1.165, 1.54) is 0 Å². The number of nitrogens with one attached hydrogen (secondary N) is 2. The Kier molecular flexibility index (Phi) is 2.26. The van der Waals surface area contributed by atoms with Crippen LogP contribution in [-0.2, 0) is 0 Å². The van der Waals surface area contributed by atoms with Crippen LogP contribution in [0.25, 0.3) is 0 Å². The minimum Gasteiger partial charge on any atom is -0.337 e. The number of hydrogen-bond acceptors (Lipinski definition) is 4. The van der Waals surface area contributed by atoms with Crippen LogP contribution in [0, 0.1) is 0 Å². The standard InChI is InChI=1S/C7H11F3N4/c8-7(9,10)1-5-3-14-4-12-13-6(14)2-11-5/h5,11-12H,1-4H2. The lowest BCUT2D eigenvalue weighted by atomic mass is 10.1. The van der Waals surface area contributed by atoms with Crippen LogP contribution in [-0.4, -0.2) is 42.7 Å². The molecule has 4 nitrogen and oxygen atoms in total. The summed E-state index contributed by atoms with van der Waals surface area (Å²) in [5.74, 6) is 0.795. The molecular weight excluding hydrogens is 197 g/mol. The summed E-state index contributed by atoms with van der Waals surface area (Å²) in [5, 5.41) is 6.75. The van der Waals surface area contributed by atoms with Crippen molar-refractivity contribution < 1.29 is 13.2 Å². The number of hydrogen-bond donors (Lipinski definition) is 2. The summed E-state index contributed by atoms with van der Waals surface area (Å²) in [6.45, 7) is 1.30. The van der Waals surface area contributed by atoms with Crippen molar-refractivity contribution in [2.75, 3.05) is 19.8 Å². The molecule has 0 aromatic heterocycles. The van der Waals surface area contributed by atoms with Gasteiger partial charge in [-0.2, -0.15) is 18.3 Å². The van der Waals surface area contributed by atoms with Crippen molar-refractivity contribution >= 4 is 5.84 Å². The van der Waals surface area contributed by atoms with Crippen molar-refractivity contribution in [3.05, 3.63) is 0 Å². The van der Waals surface area contributed by atoms with Crippen LogP contribution in [0.2, 0.25) is 0 Å². The van der Waals surface area contributed by atoms with Gasteiger partial charge >= 0.3 is 6.18 Å². The van der Waals surface area contributed by atoms with E-state index in [0.29, 0.717) is 19.8 Å². The lowest BCUT2D eigenvalue weighted by Crippen LogP contribution is -2.54. The Bertz CT molecular complexity index is 250. The van der Waals surface area contributed by atoms with Crippen LogP contribution < -0.4 is 10.7 Å². The highest BCUT2D eigenvalue weighted by atomic mass is 19.4. The van der Waals surface area contributed by atoms with Crippen LogP contribution >= 0.6 is 0 Å². The maximum atomic E-state index is 12.1. The minimum absolute atomic E-state index is 0.366. The van der Waals surface area contributed by atoms with Crippen molar-refractivity contribution in [3.8, 4) is 0 Å². The SMILES string of the molecule is FC(F)(F)CC1CN2CNN=C2CN1. The molecule has 0 aromatic carbocycles. The smallest absolute Gasteiger partial charge is 0.337 e.